The van der Waals surface area contributed by atoms with Crippen molar-refractivity contribution in [2.75, 3.05) is 5.32 Å². The smallest absolute Gasteiger partial charge is 0.413 e. The second-order valence-corrected chi connectivity index (χ2v) is 9.15. The number of nitrogens with one attached hydrogen (secondary N) is 1. The Balaban J connectivity index is 1.58. The first-order valence-corrected chi connectivity index (χ1v) is 11.7. The molecule has 1 amide bonds. The fourth-order valence-electron chi connectivity index (χ4n) is 3.27. The Bertz CT molecular complexity index is 1500. The number of amides is 1. The average Bonchev–Trinajstić information content (AvgIpc) is 3.28. The van der Waals surface area contributed by atoms with Gasteiger partial charge in [0.05, 0.1) is 11.3 Å². The molecule has 39 heavy (non-hydrogen) atoms. The van der Waals surface area contributed by atoms with E-state index in [1.807, 2.05) is 0 Å². The van der Waals surface area contributed by atoms with Crippen LogP contribution >= 0.6 is 0 Å². The molecule has 0 bridgehead atoms. The van der Waals surface area contributed by atoms with Crippen molar-refractivity contribution in [1.82, 2.24) is 25.2 Å². The lowest BCUT2D eigenvalue weighted by Gasteiger charge is -2.19. The highest BCUT2D eigenvalue weighted by Gasteiger charge is 2.21. The molecule has 13 heteroatoms. The van der Waals surface area contributed by atoms with E-state index in [-0.39, 0.29) is 35.5 Å². The molecular formula is C26H25F2N7O4. The molecule has 0 saturated heterocycles. The molecular weight excluding hydrogens is 512 g/mol. The molecule has 0 radical (unpaired) electrons. The molecule has 202 valence electrons. The van der Waals surface area contributed by atoms with Crippen molar-refractivity contribution in [3.63, 3.8) is 0 Å². The number of benzene rings is 2. The van der Waals surface area contributed by atoms with Gasteiger partial charge >= 0.3 is 6.09 Å². The van der Waals surface area contributed by atoms with Gasteiger partial charge in [-0.05, 0) is 67.6 Å². The van der Waals surface area contributed by atoms with Crippen molar-refractivity contribution in [3.8, 4) is 11.5 Å². The van der Waals surface area contributed by atoms with Crippen LogP contribution in [0.3, 0.4) is 0 Å². The van der Waals surface area contributed by atoms with Crippen LogP contribution in [0.15, 0.2) is 65.8 Å². The second-order valence-electron chi connectivity index (χ2n) is 9.15. The van der Waals surface area contributed by atoms with Gasteiger partial charge in [-0.2, -0.15) is 0 Å². The maximum atomic E-state index is 14.3. The monoisotopic (exact) mass is 537 g/mol. The number of aromatic nitrogens is 5. The molecule has 1 N–H and O–H groups in total. The summed E-state index contributed by atoms with van der Waals surface area (Å²) in [7, 11) is 1.61. The summed E-state index contributed by atoms with van der Waals surface area (Å²) in [6.07, 6.45) is -0.641. The summed E-state index contributed by atoms with van der Waals surface area (Å²) in [6, 6.07) is 14.6. The number of aryl methyl sites for hydroxylation is 1. The molecule has 0 atom stereocenters. The van der Waals surface area contributed by atoms with Crippen molar-refractivity contribution in [1.29, 1.82) is 0 Å². The van der Waals surface area contributed by atoms with Crippen LogP contribution in [0.2, 0.25) is 0 Å². The summed E-state index contributed by atoms with van der Waals surface area (Å²) in [4.78, 5) is 22.0. The van der Waals surface area contributed by atoms with Crippen LogP contribution in [0.1, 0.15) is 37.9 Å². The summed E-state index contributed by atoms with van der Waals surface area (Å²) in [5.41, 5.74) is 0.365. The standard InChI is InChI=1S/C26H25F2N7O4/c1-26(2,3)39-25(36)30-22-11-7-8-17(29-22)15-37-32-23(24-31-33-34-35(24)4)18-9-5-6-10-20(18)38-21-13-12-16(27)14-19(21)28/h5-14H,15H2,1-4H3,(H,29,30,36)/b32-23-. The number of anilines is 1. The minimum atomic E-state index is -0.870. The maximum absolute atomic E-state index is 14.3. The lowest BCUT2D eigenvalue weighted by molar-refractivity contribution is 0.0635. The molecule has 0 unspecified atom stereocenters. The Kier molecular flexibility index (Phi) is 8.08. The van der Waals surface area contributed by atoms with Gasteiger partial charge in [0.15, 0.2) is 23.9 Å². The van der Waals surface area contributed by atoms with E-state index in [0.717, 1.165) is 12.1 Å². The van der Waals surface area contributed by atoms with E-state index in [1.165, 1.54) is 10.7 Å². The van der Waals surface area contributed by atoms with Crippen LogP contribution in [0.25, 0.3) is 0 Å². The number of carbonyl (C=O) groups excluding carboxylic acids is 1. The molecule has 11 nitrogen and oxygen atoms in total. The number of halogens is 2. The third kappa shape index (κ3) is 7.31. The summed E-state index contributed by atoms with van der Waals surface area (Å²) in [6.45, 7) is 5.19. The molecule has 4 aromatic rings. The maximum Gasteiger partial charge on any atom is 0.413 e. The Morgan fingerprint density at radius 1 is 1.05 bits per heavy atom. The molecule has 2 aromatic heterocycles. The van der Waals surface area contributed by atoms with Gasteiger partial charge in [-0.15, -0.1) is 5.10 Å². The highest BCUT2D eigenvalue weighted by molar-refractivity contribution is 6.12. The van der Waals surface area contributed by atoms with Crippen molar-refractivity contribution >= 4 is 17.6 Å². The van der Waals surface area contributed by atoms with E-state index in [1.54, 1.807) is 70.3 Å². The number of pyridine rings is 1. The molecule has 0 aliphatic carbocycles. The van der Waals surface area contributed by atoms with Crippen molar-refractivity contribution < 1.29 is 27.9 Å². The zero-order valence-electron chi connectivity index (χ0n) is 21.6. The number of ether oxygens (including phenoxy) is 2. The van der Waals surface area contributed by atoms with Crippen LogP contribution < -0.4 is 10.1 Å². The normalized spacial score (nSPS) is 11.7. The van der Waals surface area contributed by atoms with Crippen LogP contribution in [0.5, 0.6) is 11.5 Å². The van der Waals surface area contributed by atoms with Crippen molar-refractivity contribution in [2.24, 2.45) is 12.2 Å². The lowest BCUT2D eigenvalue weighted by atomic mass is 10.1. The Morgan fingerprint density at radius 2 is 1.85 bits per heavy atom. The van der Waals surface area contributed by atoms with Crippen molar-refractivity contribution in [3.05, 3.63) is 89.4 Å². The predicted molar refractivity (Wildman–Crippen MR) is 136 cm³/mol. The van der Waals surface area contributed by atoms with Gasteiger partial charge < -0.3 is 14.3 Å². The van der Waals surface area contributed by atoms with Gasteiger partial charge in [-0.3, -0.25) is 5.32 Å². The quantitative estimate of drug-likeness (QED) is 0.246. The Morgan fingerprint density at radius 3 is 2.56 bits per heavy atom. The molecule has 0 aliphatic rings. The summed E-state index contributed by atoms with van der Waals surface area (Å²) in [5.74, 6) is -1.07. The second kappa shape index (κ2) is 11.6. The third-order valence-corrected chi connectivity index (χ3v) is 4.89. The van der Waals surface area contributed by atoms with Crippen LogP contribution in [0.4, 0.5) is 19.4 Å². The van der Waals surface area contributed by atoms with E-state index >= 15 is 0 Å². The number of hydrogen-bond acceptors (Lipinski definition) is 9. The SMILES string of the molecule is Cn1nnnc1/C(=N\OCc1cccc(NC(=O)OC(C)(C)C)n1)c1ccccc1Oc1ccc(F)cc1F. The van der Waals surface area contributed by atoms with Crippen LogP contribution in [-0.4, -0.2) is 42.6 Å². The number of tetrazole rings is 1. The third-order valence-electron chi connectivity index (χ3n) is 4.89. The highest BCUT2D eigenvalue weighted by Crippen LogP contribution is 2.29. The molecule has 0 saturated carbocycles. The minimum absolute atomic E-state index is 0.0752. The number of nitrogens with zero attached hydrogens (tertiary/aromatic N) is 6. The zero-order valence-corrected chi connectivity index (χ0v) is 21.6. The van der Waals surface area contributed by atoms with Gasteiger partial charge in [0.2, 0.25) is 5.82 Å². The first-order valence-electron chi connectivity index (χ1n) is 11.7. The van der Waals surface area contributed by atoms with E-state index in [2.05, 4.69) is 31.0 Å². The fourth-order valence-corrected chi connectivity index (χ4v) is 3.27. The summed E-state index contributed by atoms with van der Waals surface area (Å²) in [5, 5.41) is 18.3. The molecule has 0 spiro atoms. The minimum Gasteiger partial charge on any atom is -0.454 e. The topological polar surface area (TPSA) is 126 Å². The fraction of sp³-hybridized carbons (Fsp3) is 0.231. The van der Waals surface area contributed by atoms with Gasteiger partial charge in [-0.1, -0.05) is 23.4 Å². The summed E-state index contributed by atoms with van der Waals surface area (Å²) >= 11 is 0. The zero-order chi connectivity index (χ0) is 28.0. The molecule has 2 heterocycles. The van der Waals surface area contributed by atoms with E-state index in [9.17, 15) is 13.6 Å². The lowest BCUT2D eigenvalue weighted by Crippen LogP contribution is -2.27. The predicted octanol–water partition coefficient (Wildman–Crippen LogP) is 4.99. The van der Waals surface area contributed by atoms with Gasteiger partial charge in [0.1, 0.15) is 23.0 Å². The average molecular weight is 538 g/mol. The first kappa shape index (κ1) is 27.1. The molecule has 0 aliphatic heterocycles. The van der Waals surface area contributed by atoms with Crippen LogP contribution in [-0.2, 0) is 23.2 Å². The first-order chi connectivity index (χ1) is 18.6. The summed E-state index contributed by atoms with van der Waals surface area (Å²) < 4.78 is 40.0. The van der Waals surface area contributed by atoms with Gasteiger partial charge in [0.25, 0.3) is 0 Å². The van der Waals surface area contributed by atoms with Gasteiger partial charge in [0, 0.05) is 13.1 Å². The largest absolute Gasteiger partial charge is 0.454 e. The molecule has 0 fully saturated rings. The van der Waals surface area contributed by atoms with E-state index < -0.39 is 23.3 Å². The Labute approximate surface area is 222 Å². The van der Waals surface area contributed by atoms with E-state index in [0.29, 0.717) is 11.3 Å². The highest BCUT2D eigenvalue weighted by atomic mass is 19.1. The molecule has 2 aromatic carbocycles. The number of para-hydroxylation sites is 1. The number of hydrogen-bond donors (Lipinski definition) is 1. The number of carbonyl (C=O) groups is 1. The molecule has 4 rings (SSSR count). The number of rotatable bonds is 8. The number of oxime groups is 1. The van der Waals surface area contributed by atoms with Gasteiger partial charge in [-0.25, -0.2) is 23.2 Å². The Hall–Kier alpha value is -4.94. The van der Waals surface area contributed by atoms with Crippen molar-refractivity contribution in [2.45, 2.75) is 33.0 Å². The van der Waals surface area contributed by atoms with E-state index in [4.69, 9.17) is 14.3 Å². The van der Waals surface area contributed by atoms with Crippen LogP contribution in [0, 0.1) is 11.6 Å².